The fourth-order valence-corrected chi connectivity index (χ4v) is 2.60. The Labute approximate surface area is 122 Å². The van der Waals surface area contributed by atoms with E-state index in [1.165, 1.54) is 6.07 Å². The van der Waals surface area contributed by atoms with Crippen LogP contribution >= 0.6 is 0 Å². The van der Waals surface area contributed by atoms with Crippen LogP contribution in [-0.4, -0.2) is 34.5 Å². The van der Waals surface area contributed by atoms with E-state index in [9.17, 15) is 9.50 Å². The molecule has 2 unspecified atom stereocenters. The number of benzene rings is 1. The van der Waals surface area contributed by atoms with Crippen LogP contribution in [0.4, 0.5) is 10.2 Å². The van der Waals surface area contributed by atoms with Crippen LogP contribution in [0.25, 0.3) is 0 Å². The van der Waals surface area contributed by atoms with Crippen LogP contribution in [0.1, 0.15) is 11.7 Å². The topological polar surface area (TPSA) is 62.1 Å². The van der Waals surface area contributed by atoms with Crippen molar-refractivity contribution in [3.8, 4) is 0 Å². The summed E-state index contributed by atoms with van der Waals surface area (Å²) in [6.45, 7) is 2.80. The monoisotopic (exact) mass is 290 g/mol. The first-order valence-electron chi connectivity index (χ1n) is 7.13. The van der Waals surface area contributed by atoms with Crippen LogP contribution in [0, 0.1) is 11.7 Å². The molecule has 5 nitrogen and oxygen atoms in total. The van der Waals surface area contributed by atoms with Crippen molar-refractivity contribution >= 4 is 5.82 Å². The molecule has 0 fully saturated rings. The summed E-state index contributed by atoms with van der Waals surface area (Å²) in [5, 5.41) is 20.8. The molecule has 6 heteroatoms. The zero-order valence-corrected chi connectivity index (χ0v) is 11.7. The largest absolute Gasteiger partial charge is 0.387 e. The van der Waals surface area contributed by atoms with Crippen molar-refractivity contribution in [1.82, 2.24) is 15.1 Å². The van der Waals surface area contributed by atoms with Crippen molar-refractivity contribution < 1.29 is 9.50 Å². The van der Waals surface area contributed by atoms with Crippen molar-refractivity contribution in [2.45, 2.75) is 12.6 Å². The standard InChI is InChI=1S/C15H19FN4O/c16-13-4-2-1-3-12(13)14(21)9-17-7-11-8-18-15-5-6-19-20(15)10-11/h1-6,11,14,17-18,21H,7-10H2. The average Bonchev–Trinajstić information content (AvgIpc) is 2.95. The zero-order valence-electron chi connectivity index (χ0n) is 11.7. The number of aliphatic hydroxyl groups excluding tert-OH is 1. The molecule has 2 aromatic rings. The number of anilines is 1. The molecule has 1 aromatic heterocycles. The first-order chi connectivity index (χ1) is 10.2. The lowest BCUT2D eigenvalue weighted by molar-refractivity contribution is 0.167. The highest BCUT2D eigenvalue weighted by molar-refractivity contribution is 5.35. The molecule has 0 radical (unpaired) electrons. The molecule has 3 rings (SSSR count). The van der Waals surface area contributed by atoms with Gasteiger partial charge in [-0.25, -0.2) is 9.07 Å². The third-order valence-electron chi connectivity index (χ3n) is 3.75. The summed E-state index contributed by atoms with van der Waals surface area (Å²) in [5.41, 5.74) is 0.334. The number of hydrogen-bond donors (Lipinski definition) is 3. The molecule has 0 saturated heterocycles. The Morgan fingerprint density at radius 2 is 2.29 bits per heavy atom. The van der Waals surface area contributed by atoms with Gasteiger partial charge < -0.3 is 15.7 Å². The fourth-order valence-electron chi connectivity index (χ4n) is 2.60. The normalized spacial score (nSPS) is 18.9. The minimum absolute atomic E-state index is 0.334. The van der Waals surface area contributed by atoms with Crippen LogP contribution in [0.2, 0.25) is 0 Å². The van der Waals surface area contributed by atoms with Gasteiger partial charge in [-0.1, -0.05) is 18.2 Å². The summed E-state index contributed by atoms with van der Waals surface area (Å²) in [6.07, 6.45) is 0.947. The number of aliphatic hydroxyl groups is 1. The molecular formula is C15H19FN4O. The molecule has 1 aliphatic rings. The van der Waals surface area contributed by atoms with Gasteiger partial charge in [-0.3, -0.25) is 0 Å². The van der Waals surface area contributed by atoms with E-state index in [4.69, 9.17) is 0 Å². The number of halogens is 1. The van der Waals surface area contributed by atoms with Crippen molar-refractivity contribution in [3.63, 3.8) is 0 Å². The second kappa shape index (κ2) is 6.24. The molecule has 112 valence electrons. The molecule has 0 spiro atoms. The van der Waals surface area contributed by atoms with Gasteiger partial charge in [0, 0.05) is 43.7 Å². The lowest BCUT2D eigenvalue weighted by Gasteiger charge is -2.25. The highest BCUT2D eigenvalue weighted by atomic mass is 19.1. The number of nitrogens with zero attached hydrogens (tertiary/aromatic N) is 2. The van der Waals surface area contributed by atoms with Crippen LogP contribution in [0.3, 0.4) is 0 Å². The second-order valence-electron chi connectivity index (χ2n) is 5.34. The Morgan fingerprint density at radius 1 is 1.43 bits per heavy atom. The van der Waals surface area contributed by atoms with Crippen molar-refractivity contribution in [3.05, 3.63) is 47.9 Å². The summed E-state index contributed by atoms with van der Waals surface area (Å²) in [4.78, 5) is 0. The van der Waals surface area contributed by atoms with E-state index in [0.29, 0.717) is 18.0 Å². The summed E-state index contributed by atoms with van der Waals surface area (Å²) < 4.78 is 15.5. The Bertz CT molecular complexity index is 601. The molecule has 1 aromatic carbocycles. The van der Waals surface area contributed by atoms with Crippen LogP contribution < -0.4 is 10.6 Å². The SMILES string of the molecule is OC(CNCC1CNc2ccnn2C1)c1ccccc1F. The molecule has 3 N–H and O–H groups in total. The number of rotatable bonds is 5. The molecule has 2 atom stereocenters. The smallest absolute Gasteiger partial charge is 0.129 e. The van der Waals surface area contributed by atoms with E-state index < -0.39 is 6.10 Å². The van der Waals surface area contributed by atoms with Crippen LogP contribution in [-0.2, 0) is 6.54 Å². The predicted octanol–water partition coefficient (Wildman–Crippen LogP) is 1.39. The highest BCUT2D eigenvalue weighted by Crippen LogP contribution is 2.17. The first-order valence-corrected chi connectivity index (χ1v) is 7.13. The molecular weight excluding hydrogens is 271 g/mol. The van der Waals surface area contributed by atoms with Gasteiger partial charge in [0.1, 0.15) is 11.6 Å². The summed E-state index contributed by atoms with van der Waals surface area (Å²) in [6, 6.07) is 8.27. The summed E-state index contributed by atoms with van der Waals surface area (Å²) in [5.74, 6) is 1.06. The molecule has 1 aliphatic heterocycles. The third kappa shape index (κ3) is 3.22. The van der Waals surface area contributed by atoms with Gasteiger partial charge in [0.05, 0.1) is 12.3 Å². The Morgan fingerprint density at radius 3 is 3.14 bits per heavy atom. The third-order valence-corrected chi connectivity index (χ3v) is 3.75. The van der Waals surface area contributed by atoms with Gasteiger partial charge >= 0.3 is 0 Å². The van der Waals surface area contributed by atoms with Crippen molar-refractivity contribution in [2.24, 2.45) is 5.92 Å². The Balaban J connectivity index is 1.48. The van der Waals surface area contributed by atoms with Crippen LogP contribution in [0.15, 0.2) is 36.5 Å². The number of nitrogens with one attached hydrogen (secondary N) is 2. The van der Waals surface area contributed by atoms with Gasteiger partial charge in [0.25, 0.3) is 0 Å². The van der Waals surface area contributed by atoms with Gasteiger partial charge in [-0.15, -0.1) is 0 Å². The van der Waals surface area contributed by atoms with Gasteiger partial charge in [0.15, 0.2) is 0 Å². The van der Waals surface area contributed by atoms with Crippen LogP contribution in [0.5, 0.6) is 0 Å². The number of hydrogen-bond acceptors (Lipinski definition) is 4. The minimum atomic E-state index is -0.831. The summed E-state index contributed by atoms with van der Waals surface area (Å²) >= 11 is 0. The molecule has 21 heavy (non-hydrogen) atoms. The predicted molar refractivity (Wildman–Crippen MR) is 78.4 cm³/mol. The molecule has 0 aliphatic carbocycles. The van der Waals surface area contributed by atoms with Crippen molar-refractivity contribution in [1.29, 1.82) is 0 Å². The van der Waals surface area contributed by atoms with E-state index in [0.717, 1.165) is 25.5 Å². The molecule has 0 saturated carbocycles. The minimum Gasteiger partial charge on any atom is -0.387 e. The number of fused-ring (bicyclic) bond motifs is 1. The maximum Gasteiger partial charge on any atom is 0.129 e. The zero-order chi connectivity index (χ0) is 14.7. The highest BCUT2D eigenvalue weighted by Gasteiger charge is 2.18. The van der Waals surface area contributed by atoms with Gasteiger partial charge in [0.2, 0.25) is 0 Å². The van der Waals surface area contributed by atoms with E-state index in [1.54, 1.807) is 24.4 Å². The fraction of sp³-hybridized carbons (Fsp3) is 0.400. The maximum absolute atomic E-state index is 13.5. The van der Waals surface area contributed by atoms with E-state index in [-0.39, 0.29) is 5.82 Å². The van der Waals surface area contributed by atoms with Crippen molar-refractivity contribution in [2.75, 3.05) is 25.0 Å². The molecule has 0 amide bonds. The van der Waals surface area contributed by atoms with E-state index in [1.807, 2.05) is 10.7 Å². The number of aromatic nitrogens is 2. The van der Waals surface area contributed by atoms with Gasteiger partial charge in [-0.05, 0) is 6.07 Å². The Hall–Kier alpha value is -1.92. The lowest BCUT2D eigenvalue weighted by atomic mass is 10.1. The molecule has 2 heterocycles. The first kappa shape index (κ1) is 14.0. The van der Waals surface area contributed by atoms with Gasteiger partial charge in [-0.2, -0.15) is 5.10 Å². The Kier molecular flexibility index (Phi) is 4.17. The maximum atomic E-state index is 13.5. The summed E-state index contributed by atoms with van der Waals surface area (Å²) in [7, 11) is 0. The second-order valence-corrected chi connectivity index (χ2v) is 5.34. The van der Waals surface area contributed by atoms with E-state index >= 15 is 0 Å². The quantitative estimate of drug-likeness (QED) is 0.779. The van der Waals surface area contributed by atoms with E-state index in [2.05, 4.69) is 15.7 Å². The lowest BCUT2D eigenvalue weighted by Crippen LogP contribution is -2.36. The average molecular weight is 290 g/mol. The molecule has 0 bridgehead atoms.